The van der Waals surface area contributed by atoms with E-state index in [2.05, 4.69) is 55.9 Å². The average molecular weight is 422 g/mol. The molecule has 0 aliphatic carbocycles. The summed E-state index contributed by atoms with van der Waals surface area (Å²) in [4.78, 5) is 10.8. The van der Waals surface area contributed by atoms with Gasteiger partial charge in [0.05, 0.1) is 19.0 Å². The van der Waals surface area contributed by atoms with Gasteiger partial charge in [-0.3, -0.25) is 4.99 Å². The smallest absolute Gasteiger partial charge is 0.194 e. The quantitative estimate of drug-likeness (QED) is 0.505. The third-order valence-electron chi connectivity index (χ3n) is 5.38. The van der Waals surface area contributed by atoms with Gasteiger partial charge in [0, 0.05) is 39.1 Å². The molecule has 1 aliphatic heterocycles. The van der Waals surface area contributed by atoms with Crippen LogP contribution < -0.4 is 5.32 Å². The van der Waals surface area contributed by atoms with E-state index in [1.807, 2.05) is 12.5 Å². The van der Waals surface area contributed by atoms with Gasteiger partial charge >= 0.3 is 0 Å². The van der Waals surface area contributed by atoms with Gasteiger partial charge in [0.25, 0.3) is 0 Å². The molecular weight excluding hydrogens is 393 g/mol. The lowest BCUT2D eigenvalue weighted by Gasteiger charge is -2.38. The Morgan fingerprint density at radius 2 is 2.00 bits per heavy atom. The first-order valence-corrected chi connectivity index (χ1v) is 10.5. The van der Waals surface area contributed by atoms with Crippen LogP contribution in [-0.2, 0) is 17.8 Å². The molecule has 4 rings (SSSR count). The van der Waals surface area contributed by atoms with E-state index in [1.54, 1.807) is 25.4 Å². The fourth-order valence-corrected chi connectivity index (χ4v) is 3.93. The summed E-state index contributed by atoms with van der Waals surface area (Å²) < 4.78 is 21.5. The summed E-state index contributed by atoms with van der Waals surface area (Å²) in [6.45, 7) is 4.93. The zero-order valence-corrected chi connectivity index (χ0v) is 17.9. The maximum atomic E-state index is 13.3. The standard InChI is InChI=1S/C24H28FN5O/c1-18-14-30(16-23(31-18)21-6-8-22(25)9-7-21)24(26-2)28-13-19-4-3-5-20(12-19)15-29-11-10-27-17-29/h3-12,17-18,23H,13-16H2,1-2H3,(H,26,28). The number of nitrogens with zero attached hydrogens (tertiary/aromatic N) is 4. The van der Waals surface area contributed by atoms with Gasteiger partial charge in [-0.05, 0) is 35.7 Å². The lowest BCUT2D eigenvalue weighted by atomic mass is 10.1. The number of halogens is 1. The van der Waals surface area contributed by atoms with Crippen molar-refractivity contribution < 1.29 is 9.13 Å². The fraction of sp³-hybridized carbons (Fsp3) is 0.333. The van der Waals surface area contributed by atoms with E-state index in [0.717, 1.165) is 24.6 Å². The van der Waals surface area contributed by atoms with E-state index in [9.17, 15) is 4.39 Å². The van der Waals surface area contributed by atoms with Crippen molar-refractivity contribution in [2.45, 2.75) is 32.2 Å². The molecule has 1 aromatic heterocycles. The van der Waals surface area contributed by atoms with Gasteiger partial charge < -0.3 is 19.5 Å². The van der Waals surface area contributed by atoms with Gasteiger partial charge in [0.2, 0.25) is 0 Å². The van der Waals surface area contributed by atoms with E-state index in [4.69, 9.17) is 4.74 Å². The lowest BCUT2D eigenvalue weighted by molar-refractivity contribution is -0.0605. The Labute approximate surface area is 182 Å². The SMILES string of the molecule is CN=C(NCc1cccc(Cn2ccnc2)c1)N1CC(C)OC(c2ccc(F)cc2)C1. The van der Waals surface area contributed by atoms with Crippen LogP contribution in [0.5, 0.6) is 0 Å². The molecule has 0 amide bonds. The maximum absolute atomic E-state index is 13.3. The minimum Gasteiger partial charge on any atom is -0.367 e. The Kier molecular flexibility index (Phi) is 6.62. The van der Waals surface area contributed by atoms with Crippen molar-refractivity contribution >= 4 is 5.96 Å². The Hall–Kier alpha value is -3.19. The number of imidazole rings is 1. The molecule has 162 valence electrons. The van der Waals surface area contributed by atoms with Crippen LogP contribution in [0.1, 0.15) is 29.7 Å². The number of hydrogen-bond acceptors (Lipinski definition) is 3. The van der Waals surface area contributed by atoms with E-state index in [1.165, 1.54) is 23.3 Å². The summed E-state index contributed by atoms with van der Waals surface area (Å²) >= 11 is 0. The lowest BCUT2D eigenvalue weighted by Crippen LogP contribution is -2.50. The molecule has 7 heteroatoms. The number of aromatic nitrogens is 2. The van der Waals surface area contributed by atoms with Crippen molar-refractivity contribution in [1.82, 2.24) is 19.8 Å². The highest BCUT2D eigenvalue weighted by Gasteiger charge is 2.28. The predicted octanol–water partition coefficient (Wildman–Crippen LogP) is 3.61. The molecule has 31 heavy (non-hydrogen) atoms. The summed E-state index contributed by atoms with van der Waals surface area (Å²) in [5, 5.41) is 3.48. The molecule has 2 aromatic carbocycles. The van der Waals surface area contributed by atoms with Gasteiger partial charge in [0.1, 0.15) is 11.9 Å². The second-order valence-electron chi connectivity index (χ2n) is 7.85. The molecule has 0 radical (unpaired) electrons. The van der Waals surface area contributed by atoms with Crippen molar-refractivity contribution in [3.8, 4) is 0 Å². The van der Waals surface area contributed by atoms with E-state index >= 15 is 0 Å². The Bertz CT molecular complexity index is 1000. The van der Waals surface area contributed by atoms with Crippen molar-refractivity contribution in [2.75, 3.05) is 20.1 Å². The number of benzene rings is 2. The summed E-state index contributed by atoms with van der Waals surface area (Å²) in [5.41, 5.74) is 3.39. The van der Waals surface area contributed by atoms with Crippen LogP contribution in [0.25, 0.3) is 0 Å². The average Bonchev–Trinajstić information content (AvgIpc) is 3.28. The van der Waals surface area contributed by atoms with Gasteiger partial charge in [-0.25, -0.2) is 9.37 Å². The van der Waals surface area contributed by atoms with Crippen LogP contribution in [0.15, 0.2) is 72.2 Å². The van der Waals surface area contributed by atoms with Crippen LogP contribution in [0.2, 0.25) is 0 Å². The first-order chi connectivity index (χ1) is 15.1. The fourth-order valence-electron chi connectivity index (χ4n) is 3.93. The topological polar surface area (TPSA) is 54.7 Å². The normalized spacial score (nSPS) is 19.5. The third-order valence-corrected chi connectivity index (χ3v) is 5.38. The Morgan fingerprint density at radius 3 is 2.74 bits per heavy atom. The van der Waals surface area contributed by atoms with E-state index < -0.39 is 0 Å². The summed E-state index contributed by atoms with van der Waals surface area (Å²) in [7, 11) is 1.80. The number of morpholine rings is 1. The molecule has 1 N–H and O–H groups in total. The molecule has 1 fully saturated rings. The summed E-state index contributed by atoms with van der Waals surface area (Å²) in [6.07, 6.45) is 5.49. The minimum atomic E-state index is -0.239. The number of ether oxygens (including phenoxy) is 1. The largest absolute Gasteiger partial charge is 0.367 e. The Morgan fingerprint density at radius 1 is 1.19 bits per heavy atom. The van der Waals surface area contributed by atoms with Crippen molar-refractivity contribution in [1.29, 1.82) is 0 Å². The number of nitrogens with one attached hydrogen (secondary N) is 1. The number of aliphatic imine (C=N–C) groups is 1. The molecule has 0 bridgehead atoms. The second-order valence-corrected chi connectivity index (χ2v) is 7.85. The summed E-state index contributed by atoms with van der Waals surface area (Å²) in [6, 6.07) is 15.0. The van der Waals surface area contributed by atoms with Crippen LogP contribution in [0.3, 0.4) is 0 Å². The first-order valence-electron chi connectivity index (χ1n) is 10.5. The number of guanidine groups is 1. The molecule has 6 nitrogen and oxygen atoms in total. The molecule has 0 spiro atoms. The Balaban J connectivity index is 1.40. The molecule has 2 unspecified atom stereocenters. The van der Waals surface area contributed by atoms with Crippen LogP contribution >= 0.6 is 0 Å². The molecule has 0 saturated carbocycles. The second kappa shape index (κ2) is 9.75. The molecular formula is C24H28FN5O. The molecule has 1 aliphatic rings. The van der Waals surface area contributed by atoms with E-state index in [-0.39, 0.29) is 18.0 Å². The molecule has 2 atom stereocenters. The van der Waals surface area contributed by atoms with E-state index in [0.29, 0.717) is 13.1 Å². The van der Waals surface area contributed by atoms with Crippen LogP contribution in [-0.4, -0.2) is 46.7 Å². The minimum absolute atomic E-state index is 0.0425. The van der Waals surface area contributed by atoms with Crippen molar-refractivity contribution in [3.63, 3.8) is 0 Å². The third kappa shape index (κ3) is 5.49. The monoisotopic (exact) mass is 421 g/mol. The number of hydrogen-bond donors (Lipinski definition) is 1. The highest BCUT2D eigenvalue weighted by Crippen LogP contribution is 2.25. The zero-order valence-electron chi connectivity index (χ0n) is 17.9. The van der Waals surface area contributed by atoms with Crippen LogP contribution in [0, 0.1) is 5.82 Å². The van der Waals surface area contributed by atoms with Crippen LogP contribution in [0.4, 0.5) is 4.39 Å². The van der Waals surface area contributed by atoms with Crippen molar-refractivity contribution in [2.24, 2.45) is 4.99 Å². The molecule has 1 saturated heterocycles. The zero-order chi connectivity index (χ0) is 21.6. The maximum Gasteiger partial charge on any atom is 0.194 e. The first kappa shape index (κ1) is 21.1. The van der Waals surface area contributed by atoms with Crippen molar-refractivity contribution in [3.05, 3.63) is 89.8 Å². The molecule has 3 aromatic rings. The summed E-state index contributed by atoms with van der Waals surface area (Å²) in [5.74, 6) is 0.597. The highest BCUT2D eigenvalue weighted by atomic mass is 19.1. The van der Waals surface area contributed by atoms with Gasteiger partial charge in [-0.1, -0.05) is 36.4 Å². The molecule has 2 heterocycles. The van der Waals surface area contributed by atoms with Gasteiger partial charge in [0.15, 0.2) is 5.96 Å². The number of rotatable bonds is 5. The van der Waals surface area contributed by atoms with Gasteiger partial charge in [-0.2, -0.15) is 0 Å². The van der Waals surface area contributed by atoms with Gasteiger partial charge in [-0.15, -0.1) is 0 Å². The highest BCUT2D eigenvalue weighted by molar-refractivity contribution is 5.80. The predicted molar refractivity (Wildman–Crippen MR) is 119 cm³/mol.